The van der Waals surface area contributed by atoms with E-state index in [2.05, 4.69) is 0 Å². The molecule has 0 aromatic heterocycles. The minimum atomic E-state index is -1.62. The molecule has 0 radical (unpaired) electrons. The molecule has 2 rings (SSSR count). The first-order valence-electron chi connectivity index (χ1n) is 5.47. The normalized spacial score (nSPS) is 23.4. The summed E-state index contributed by atoms with van der Waals surface area (Å²) in [4.78, 5) is 11.0. The van der Waals surface area contributed by atoms with Crippen molar-refractivity contribution < 1.29 is 19.8 Å². The van der Waals surface area contributed by atoms with Crippen molar-refractivity contribution in [2.45, 2.75) is 25.6 Å². The van der Waals surface area contributed by atoms with E-state index in [1.54, 1.807) is 44.2 Å². The van der Waals surface area contributed by atoms with Gasteiger partial charge < -0.3 is 15.5 Å². The third kappa shape index (κ3) is 1.66. The maximum Gasteiger partial charge on any atom is 0.393 e. The van der Waals surface area contributed by atoms with Gasteiger partial charge in [-0.2, -0.15) is 4.74 Å². The molecule has 0 saturated heterocycles. The van der Waals surface area contributed by atoms with E-state index in [9.17, 15) is 15.2 Å². The summed E-state index contributed by atoms with van der Waals surface area (Å²) in [5.74, 6) is -1.38. The maximum absolute atomic E-state index is 12.1. The van der Waals surface area contributed by atoms with Gasteiger partial charge in [-0.05, 0) is 26.0 Å². The van der Waals surface area contributed by atoms with Gasteiger partial charge in [-0.25, -0.2) is 4.79 Å². The molecule has 1 heterocycles. The second-order valence-electron chi connectivity index (χ2n) is 4.66. The van der Waals surface area contributed by atoms with E-state index in [0.717, 1.165) is 0 Å². The molecule has 0 aliphatic carbocycles. The Hall–Kier alpha value is -1.92. The summed E-state index contributed by atoms with van der Waals surface area (Å²) in [6.07, 6.45) is -1.62. The van der Waals surface area contributed by atoms with Crippen LogP contribution in [0.2, 0.25) is 0 Å². The first-order valence-corrected chi connectivity index (χ1v) is 5.47. The summed E-state index contributed by atoms with van der Waals surface area (Å²) in [7, 11) is 0. The summed E-state index contributed by atoms with van der Waals surface area (Å²) in [6, 6.07) is 8.72. The molecule has 0 unspecified atom stereocenters. The Morgan fingerprint density at radius 2 is 1.94 bits per heavy atom. The number of hydroxylamine groups is 3. The zero-order valence-electron chi connectivity index (χ0n) is 10.1. The third-order valence-corrected chi connectivity index (χ3v) is 3.09. The topological polar surface area (TPSA) is 86.8 Å². The fourth-order valence-corrected chi connectivity index (χ4v) is 2.19. The fraction of sp³-hybridized carbons (Fsp3) is 0.333. The summed E-state index contributed by atoms with van der Waals surface area (Å²) in [5.41, 5.74) is -0.232. The molecule has 1 aromatic carbocycles. The van der Waals surface area contributed by atoms with Crippen molar-refractivity contribution in [2.75, 3.05) is 0 Å². The van der Waals surface area contributed by atoms with Gasteiger partial charge in [-0.1, -0.05) is 18.2 Å². The molecule has 6 nitrogen and oxygen atoms in total. The van der Waals surface area contributed by atoms with Gasteiger partial charge >= 0.3 is 12.1 Å². The van der Waals surface area contributed by atoms with Gasteiger partial charge in [-0.15, -0.1) is 5.06 Å². The Balaban J connectivity index is 2.59. The lowest BCUT2D eigenvalue weighted by atomic mass is 9.93. The molecule has 0 saturated carbocycles. The Labute approximate surface area is 104 Å². The highest BCUT2D eigenvalue weighted by Gasteiger charge is 2.55. The van der Waals surface area contributed by atoms with Crippen molar-refractivity contribution >= 4 is 11.7 Å². The molecular weight excluding hydrogens is 236 g/mol. The number of carboxylic acid groups (broad SMARTS) is 1. The van der Waals surface area contributed by atoms with Gasteiger partial charge in [0, 0.05) is 5.56 Å². The zero-order valence-corrected chi connectivity index (χ0v) is 10.1. The standard InChI is InChI=1S/C12H14N2O4/c1-12(2)9(8-6-4-3-5-7-8)13(17)10(11(15)16)14(12)18/h3-7,10,18H,1-2H3,(H,15,16)/t10-/m0/s1. The summed E-state index contributed by atoms with van der Waals surface area (Å²) in [6.45, 7) is 3.20. The average Bonchev–Trinajstić information content (AvgIpc) is 2.46. The van der Waals surface area contributed by atoms with Crippen LogP contribution in [0.4, 0.5) is 0 Å². The predicted molar refractivity (Wildman–Crippen MR) is 63.3 cm³/mol. The molecule has 0 amide bonds. The predicted octanol–water partition coefficient (Wildman–Crippen LogP) is 0.880. The number of carbonyl (C=O) groups is 1. The molecule has 0 bridgehead atoms. The lowest BCUT2D eigenvalue weighted by Gasteiger charge is -2.23. The molecule has 96 valence electrons. The van der Waals surface area contributed by atoms with Crippen LogP contribution in [0.5, 0.6) is 0 Å². The Bertz CT molecular complexity index is 510. The van der Waals surface area contributed by atoms with Gasteiger partial charge in [0.2, 0.25) is 5.71 Å². The number of hydrogen-bond donors (Lipinski definition) is 2. The van der Waals surface area contributed by atoms with Crippen molar-refractivity contribution in [3.05, 3.63) is 41.1 Å². The number of carboxylic acids is 1. The van der Waals surface area contributed by atoms with Crippen LogP contribution in [0.25, 0.3) is 0 Å². The summed E-state index contributed by atoms with van der Waals surface area (Å²) < 4.78 is 0.345. The van der Waals surface area contributed by atoms with E-state index < -0.39 is 17.7 Å². The minimum Gasteiger partial charge on any atom is -0.622 e. The van der Waals surface area contributed by atoms with Crippen LogP contribution in [0.15, 0.2) is 30.3 Å². The van der Waals surface area contributed by atoms with Gasteiger partial charge in [0.25, 0.3) is 0 Å². The van der Waals surface area contributed by atoms with Gasteiger partial charge in [0.1, 0.15) is 5.54 Å². The molecule has 1 atom stereocenters. The van der Waals surface area contributed by atoms with Crippen molar-refractivity contribution in [3.8, 4) is 0 Å². The SMILES string of the molecule is CC1(C)C(c2ccccc2)=[N+]([O-])[C@H](C(=O)O)N1O. The highest BCUT2D eigenvalue weighted by Crippen LogP contribution is 2.28. The molecule has 18 heavy (non-hydrogen) atoms. The van der Waals surface area contributed by atoms with Gasteiger partial charge in [0.15, 0.2) is 0 Å². The zero-order chi connectivity index (χ0) is 13.5. The Morgan fingerprint density at radius 1 is 1.39 bits per heavy atom. The largest absolute Gasteiger partial charge is 0.622 e. The Kier molecular flexibility index (Phi) is 2.84. The van der Waals surface area contributed by atoms with E-state index in [4.69, 9.17) is 5.11 Å². The molecular formula is C12H14N2O4. The van der Waals surface area contributed by atoms with Gasteiger partial charge in [0.05, 0.1) is 0 Å². The second-order valence-corrected chi connectivity index (χ2v) is 4.66. The lowest BCUT2D eigenvalue weighted by molar-refractivity contribution is -0.522. The highest BCUT2D eigenvalue weighted by molar-refractivity contribution is 6.05. The average molecular weight is 250 g/mol. The second kappa shape index (κ2) is 4.08. The summed E-state index contributed by atoms with van der Waals surface area (Å²) >= 11 is 0. The molecule has 0 fully saturated rings. The quantitative estimate of drug-likeness (QED) is 0.601. The molecule has 6 heteroatoms. The van der Waals surface area contributed by atoms with Crippen molar-refractivity contribution in [1.82, 2.24) is 5.06 Å². The molecule has 1 aromatic rings. The Morgan fingerprint density at radius 3 is 2.39 bits per heavy atom. The first-order chi connectivity index (χ1) is 8.37. The maximum atomic E-state index is 12.1. The van der Waals surface area contributed by atoms with Crippen LogP contribution in [0.1, 0.15) is 19.4 Å². The van der Waals surface area contributed by atoms with Crippen LogP contribution < -0.4 is 0 Å². The summed E-state index contributed by atoms with van der Waals surface area (Å²) in [5, 5.41) is 31.5. The molecule has 1 aliphatic heterocycles. The molecule has 0 spiro atoms. The fourth-order valence-electron chi connectivity index (χ4n) is 2.19. The molecule has 1 aliphatic rings. The minimum absolute atomic E-state index is 0.234. The number of aliphatic carboxylic acids is 1. The van der Waals surface area contributed by atoms with Crippen LogP contribution >= 0.6 is 0 Å². The number of nitrogens with zero attached hydrogens (tertiary/aromatic N) is 2. The van der Waals surface area contributed by atoms with Crippen LogP contribution in [0.3, 0.4) is 0 Å². The third-order valence-electron chi connectivity index (χ3n) is 3.09. The molecule has 2 N–H and O–H groups in total. The van der Waals surface area contributed by atoms with Crippen molar-refractivity contribution in [2.24, 2.45) is 0 Å². The smallest absolute Gasteiger partial charge is 0.393 e. The van der Waals surface area contributed by atoms with Crippen LogP contribution in [-0.2, 0) is 4.79 Å². The van der Waals surface area contributed by atoms with E-state index in [0.29, 0.717) is 15.4 Å². The van der Waals surface area contributed by atoms with Crippen LogP contribution in [0, 0.1) is 5.21 Å². The van der Waals surface area contributed by atoms with Crippen molar-refractivity contribution in [1.29, 1.82) is 0 Å². The monoisotopic (exact) mass is 250 g/mol. The number of benzene rings is 1. The van der Waals surface area contributed by atoms with E-state index in [-0.39, 0.29) is 5.71 Å². The lowest BCUT2D eigenvalue weighted by Crippen LogP contribution is -2.49. The van der Waals surface area contributed by atoms with E-state index in [1.807, 2.05) is 0 Å². The van der Waals surface area contributed by atoms with E-state index >= 15 is 0 Å². The first kappa shape index (κ1) is 12.5. The van der Waals surface area contributed by atoms with Gasteiger partial charge in [-0.3, -0.25) is 0 Å². The highest BCUT2D eigenvalue weighted by atomic mass is 16.6. The number of rotatable bonds is 2. The van der Waals surface area contributed by atoms with E-state index in [1.165, 1.54) is 0 Å². The number of hydrogen-bond acceptors (Lipinski definition) is 4. The van der Waals surface area contributed by atoms with Crippen LogP contribution in [-0.4, -0.2) is 43.5 Å². The van der Waals surface area contributed by atoms with Crippen molar-refractivity contribution in [3.63, 3.8) is 0 Å².